The van der Waals surface area contributed by atoms with Crippen LogP contribution in [0.5, 0.6) is 0 Å². The average Bonchev–Trinajstić information content (AvgIpc) is 2.26. The summed E-state index contributed by atoms with van der Waals surface area (Å²) in [4.78, 5) is 15.1. The maximum Gasteiger partial charge on any atom is 0.305 e. The minimum Gasteiger partial charge on any atom is -0.469 e. The Morgan fingerprint density at radius 3 is 2.82 bits per heavy atom. The van der Waals surface area contributed by atoms with Crippen molar-refractivity contribution in [3.05, 3.63) is 0 Å². The summed E-state index contributed by atoms with van der Waals surface area (Å²) >= 11 is 0. The SMILES string of the molecule is COC(=O)CCCCNC(N)=NCC1CCC1. The number of unbranched alkanes of at least 4 members (excludes halogenated alkanes) is 1. The molecular formula is C12H23N3O2. The highest BCUT2D eigenvalue weighted by Crippen LogP contribution is 2.26. The first-order valence-electron chi connectivity index (χ1n) is 6.33. The lowest BCUT2D eigenvalue weighted by Gasteiger charge is -2.23. The predicted molar refractivity (Wildman–Crippen MR) is 67.7 cm³/mol. The second-order valence-electron chi connectivity index (χ2n) is 4.48. The molecule has 3 N–H and O–H groups in total. The van der Waals surface area contributed by atoms with Crippen molar-refractivity contribution in [2.75, 3.05) is 20.2 Å². The number of carbonyl (C=O) groups is 1. The Labute approximate surface area is 103 Å². The van der Waals surface area contributed by atoms with Crippen LogP contribution in [0.25, 0.3) is 0 Å². The molecule has 5 heteroatoms. The van der Waals surface area contributed by atoms with Crippen LogP contribution in [0.3, 0.4) is 0 Å². The van der Waals surface area contributed by atoms with Gasteiger partial charge in [0.05, 0.1) is 7.11 Å². The van der Waals surface area contributed by atoms with E-state index in [0.29, 0.717) is 12.4 Å². The van der Waals surface area contributed by atoms with Crippen LogP contribution in [-0.2, 0) is 9.53 Å². The fourth-order valence-corrected chi connectivity index (χ4v) is 1.67. The maximum absolute atomic E-state index is 10.8. The molecule has 1 fully saturated rings. The summed E-state index contributed by atoms with van der Waals surface area (Å²) in [5, 5.41) is 3.05. The number of hydrogen-bond donors (Lipinski definition) is 2. The van der Waals surface area contributed by atoms with E-state index in [2.05, 4.69) is 15.0 Å². The molecule has 0 heterocycles. The highest BCUT2D eigenvalue weighted by molar-refractivity contribution is 5.77. The first-order chi connectivity index (χ1) is 8.22. The molecule has 1 aliphatic rings. The highest BCUT2D eigenvalue weighted by atomic mass is 16.5. The Morgan fingerprint density at radius 2 is 2.24 bits per heavy atom. The van der Waals surface area contributed by atoms with Gasteiger partial charge < -0.3 is 15.8 Å². The van der Waals surface area contributed by atoms with Gasteiger partial charge in [-0.3, -0.25) is 9.79 Å². The van der Waals surface area contributed by atoms with Gasteiger partial charge in [0, 0.05) is 19.5 Å². The molecule has 0 aliphatic heterocycles. The van der Waals surface area contributed by atoms with E-state index in [1.54, 1.807) is 0 Å². The summed E-state index contributed by atoms with van der Waals surface area (Å²) in [6, 6.07) is 0. The number of hydrogen-bond acceptors (Lipinski definition) is 3. The van der Waals surface area contributed by atoms with E-state index in [4.69, 9.17) is 5.73 Å². The topological polar surface area (TPSA) is 76.7 Å². The molecule has 1 aliphatic carbocycles. The second-order valence-corrected chi connectivity index (χ2v) is 4.48. The average molecular weight is 241 g/mol. The van der Waals surface area contributed by atoms with Crippen molar-refractivity contribution in [2.24, 2.45) is 16.6 Å². The Kier molecular flexibility index (Phi) is 6.43. The van der Waals surface area contributed by atoms with Crippen molar-refractivity contribution in [2.45, 2.75) is 38.5 Å². The van der Waals surface area contributed by atoms with E-state index in [0.717, 1.165) is 31.8 Å². The van der Waals surface area contributed by atoms with Crippen LogP contribution < -0.4 is 11.1 Å². The molecule has 0 aromatic carbocycles. The van der Waals surface area contributed by atoms with Gasteiger partial charge in [-0.25, -0.2) is 0 Å². The van der Waals surface area contributed by atoms with Gasteiger partial charge in [-0.2, -0.15) is 0 Å². The van der Waals surface area contributed by atoms with E-state index in [9.17, 15) is 4.79 Å². The minimum atomic E-state index is -0.156. The van der Waals surface area contributed by atoms with Gasteiger partial charge in [0.1, 0.15) is 0 Å². The molecule has 0 amide bonds. The minimum absolute atomic E-state index is 0.156. The zero-order valence-corrected chi connectivity index (χ0v) is 10.6. The zero-order valence-electron chi connectivity index (χ0n) is 10.6. The molecule has 17 heavy (non-hydrogen) atoms. The molecule has 0 aromatic rings. The van der Waals surface area contributed by atoms with Gasteiger partial charge in [-0.1, -0.05) is 6.42 Å². The van der Waals surface area contributed by atoms with Crippen molar-refractivity contribution >= 4 is 11.9 Å². The largest absolute Gasteiger partial charge is 0.469 e. The van der Waals surface area contributed by atoms with Crippen LogP contribution in [0.4, 0.5) is 0 Å². The second kappa shape index (κ2) is 7.92. The summed E-state index contributed by atoms with van der Waals surface area (Å²) in [5.41, 5.74) is 5.72. The first-order valence-corrected chi connectivity index (χ1v) is 6.33. The van der Waals surface area contributed by atoms with Crippen LogP contribution in [0, 0.1) is 5.92 Å². The number of aliphatic imine (C=N–C) groups is 1. The number of ether oxygens (including phenoxy) is 1. The van der Waals surface area contributed by atoms with E-state index in [-0.39, 0.29) is 5.97 Å². The van der Waals surface area contributed by atoms with Crippen LogP contribution in [-0.4, -0.2) is 32.1 Å². The van der Waals surface area contributed by atoms with Crippen LogP contribution in [0.2, 0.25) is 0 Å². The summed E-state index contributed by atoms with van der Waals surface area (Å²) in [5.74, 6) is 1.11. The standard InChI is InChI=1S/C12H23N3O2/c1-17-11(16)7-2-3-8-14-12(13)15-9-10-5-4-6-10/h10H,2-9H2,1H3,(H3,13,14,15). The van der Waals surface area contributed by atoms with Crippen molar-refractivity contribution in [1.29, 1.82) is 0 Å². The molecule has 0 bridgehead atoms. The van der Waals surface area contributed by atoms with Crippen LogP contribution in [0.1, 0.15) is 38.5 Å². The van der Waals surface area contributed by atoms with Crippen molar-refractivity contribution in [3.63, 3.8) is 0 Å². The zero-order chi connectivity index (χ0) is 12.5. The third-order valence-electron chi connectivity index (χ3n) is 3.09. The molecule has 1 rings (SSSR count). The molecule has 0 unspecified atom stereocenters. The van der Waals surface area contributed by atoms with Crippen molar-refractivity contribution in [3.8, 4) is 0 Å². The maximum atomic E-state index is 10.8. The number of nitrogens with one attached hydrogen (secondary N) is 1. The summed E-state index contributed by atoms with van der Waals surface area (Å²) in [6.45, 7) is 1.61. The Bertz CT molecular complexity index is 262. The van der Waals surface area contributed by atoms with E-state index >= 15 is 0 Å². The fourth-order valence-electron chi connectivity index (χ4n) is 1.67. The number of esters is 1. The molecule has 0 spiro atoms. The molecule has 0 saturated heterocycles. The summed E-state index contributed by atoms with van der Waals surface area (Å²) in [6.07, 6.45) is 6.09. The molecule has 0 aromatic heterocycles. The number of nitrogens with two attached hydrogens (primary N) is 1. The number of guanidine groups is 1. The van der Waals surface area contributed by atoms with Gasteiger partial charge in [0.25, 0.3) is 0 Å². The lowest BCUT2D eigenvalue weighted by atomic mass is 9.86. The van der Waals surface area contributed by atoms with Crippen LogP contribution >= 0.6 is 0 Å². The van der Waals surface area contributed by atoms with E-state index in [1.165, 1.54) is 26.4 Å². The van der Waals surface area contributed by atoms with Gasteiger partial charge in [0.2, 0.25) is 0 Å². The lowest BCUT2D eigenvalue weighted by Crippen LogP contribution is -2.33. The van der Waals surface area contributed by atoms with Gasteiger partial charge in [-0.05, 0) is 31.6 Å². The lowest BCUT2D eigenvalue weighted by molar-refractivity contribution is -0.140. The third-order valence-corrected chi connectivity index (χ3v) is 3.09. The number of carbonyl (C=O) groups excluding carboxylic acids is 1. The van der Waals surface area contributed by atoms with E-state index < -0.39 is 0 Å². The van der Waals surface area contributed by atoms with Gasteiger partial charge in [0.15, 0.2) is 5.96 Å². The Balaban J connectivity index is 1.95. The van der Waals surface area contributed by atoms with Gasteiger partial charge in [-0.15, -0.1) is 0 Å². The van der Waals surface area contributed by atoms with Crippen molar-refractivity contribution < 1.29 is 9.53 Å². The summed E-state index contributed by atoms with van der Waals surface area (Å²) in [7, 11) is 1.41. The molecule has 0 radical (unpaired) electrons. The van der Waals surface area contributed by atoms with E-state index in [1.807, 2.05) is 0 Å². The Hall–Kier alpha value is -1.26. The molecule has 1 saturated carbocycles. The number of nitrogens with zero attached hydrogens (tertiary/aromatic N) is 1. The molecule has 98 valence electrons. The smallest absolute Gasteiger partial charge is 0.305 e. The Morgan fingerprint density at radius 1 is 1.47 bits per heavy atom. The van der Waals surface area contributed by atoms with Crippen molar-refractivity contribution in [1.82, 2.24) is 5.32 Å². The first kappa shape index (κ1) is 13.8. The number of methoxy groups -OCH3 is 1. The predicted octanol–water partition coefficient (Wildman–Crippen LogP) is 1.03. The molecule has 0 atom stereocenters. The summed E-state index contributed by atoms with van der Waals surface area (Å²) < 4.78 is 4.55. The van der Waals surface area contributed by atoms with Crippen LogP contribution in [0.15, 0.2) is 4.99 Å². The monoisotopic (exact) mass is 241 g/mol. The quantitative estimate of drug-likeness (QED) is 0.302. The third kappa shape index (κ3) is 6.14. The van der Waals surface area contributed by atoms with Gasteiger partial charge >= 0.3 is 5.97 Å². The molecule has 5 nitrogen and oxygen atoms in total. The number of rotatable bonds is 7. The molecular weight excluding hydrogens is 218 g/mol. The fraction of sp³-hybridized carbons (Fsp3) is 0.833. The normalized spacial score (nSPS) is 16.4. The highest BCUT2D eigenvalue weighted by Gasteiger charge is 2.16.